The van der Waals surface area contributed by atoms with Gasteiger partial charge in [-0.05, 0) is 39.2 Å². The first-order valence-electron chi connectivity index (χ1n) is 4.89. The summed E-state index contributed by atoms with van der Waals surface area (Å²) < 4.78 is 12.9. The van der Waals surface area contributed by atoms with E-state index in [1.54, 1.807) is 6.07 Å². The predicted octanol–water partition coefficient (Wildman–Crippen LogP) is 2.32. The number of hydrogen-bond donors (Lipinski definition) is 1. The van der Waals surface area contributed by atoms with E-state index in [9.17, 15) is 4.39 Å². The molecule has 1 heterocycles. The van der Waals surface area contributed by atoms with Crippen LogP contribution in [0.4, 0.5) is 4.39 Å². The first-order chi connectivity index (χ1) is 7.08. The van der Waals surface area contributed by atoms with Gasteiger partial charge in [0.25, 0.3) is 0 Å². The Hall–Kier alpha value is -1.42. The Morgan fingerprint density at radius 3 is 2.80 bits per heavy atom. The third kappa shape index (κ3) is 1.85. The molecule has 1 N–H and O–H groups in total. The van der Waals surface area contributed by atoms with Gasteiger partial charge in [0.1, 0.15) is 11.6 Å². The van der Waals surface area contributed by atoms with E-state index >= 15 is 0 Å². The molecule has 0 amide bonds. The van der Waals surface area contributed by atoms with Crippen LogP contribution in [0.5, 0.6) is 0 Å². The zero-order valence-electron chi connectivity index (χ0n) is 9.08. The molecule has 4 heteroatoms. The molecule has 0 aliphatic rings. The van der Waals surface area contributed by atoms with Gasteiger partial charge in [0.15, 0.2) is 0 Å². The van der Waals surface area contributed by atoms with Crippen molar-refractivity contribution in [2.45, 2.75) is 13.0 Å². The zero-order chi connectivity index (χ0) is 11.0. The number of aromatic amines is 1. The lowest BCUT2D eigenvalue weighted by atomic mass is 10.3. The Kier molecular flexibility index (Phi) is 2.44. The second-order valence-corrected chi connectivity index (χ2v) is 3.92. The summed E-state index contributed by atoms with van der Waals surface area (Å²) in [6.07, 6.45) is 0. The molecule has 0 saturated heterocycles. The summed E-state index contributed by atoms with van der Waals surface area (Å²) in [5.41, 5.74) is 1.55. The van der Waals surface area contributed by atoms with Gasteiger partial charge in [-0.25, -0.2) is 9.37 Å². The molecule has 0 bridgehead atoms. The van der Waals surface area contributed by atoms with Gasteiger partial charge in [-0.15, -0.1) is 0 Å². The summed E-state index contributed by atoms with van der Waals surface area (Å²) in [6.45, 7) is 2.05. The second-order valence-electron chi connectivity index (χ2n) is 3.92. The highest BCUT2D eigenvalue weighted by Crippen LogP contribution is 2.19. The van der Waals surface area contributed by atoms with Crippen molar-refractivity contribution in [1.29, 1.82) is 0 Å². The molecule has 3 nitrogen and oxygen atoms in total. The predicted molar refractivity (Wildman–Crippen MR) is 58.2 cm³/mol. The van der Waals surface area contributed by atoms with Crippen LogP contribution in [0.2, 0.25) is 0 Å². The maximum Gasteiger partial charge on any atom is 0.125 e. The van der Waals surface area contributed by atoms with Crippen molar-refractivity contribution in [1.82, 2.24) is 14.9 Å². The second kappa shape index (κ2) is 3.62. The van der Waals surface area contributed by atoms with Gasteiger partial charge in [0.05, 0.1) is 17.1 Å². The van der Waals surface area contributed by atoms with Gasteiger partial charge in [0, 0.05) is 0 Å². The van der Waals surface area contributed by atoms with Crippen molar-refractivity contribution in [2.75, 3.05) is 14.1 Å². The standard InChI is InChI=1S/C11H14FN3/c1-7(15(2)3)11-13-9-5-4-8(12)6-10(9)14-11/h4-7H,1-3H3,(H,13,14). The SMILES string of the molecule is CC(c1nc2ccc(F)cc2[nH]1)N(C)C. The first-order valence-corrected chi connectivity index (χ1v) is 4.89. The summed E-state index contributed by atoms with van der Waals surface area (Å²) >= 11 is 0. The quantitative estimate of drug-likeness (QED) is 0.819. The van der Waals surface area contributed by atoms with Gasteiger partial charge >= 0.3 is 0 Å². The van der Waals surface area contributed by atoms with E-state index in [0.29, 0.717) is 0 Å². The van der Waals surface area contributed by atoms with E-state index in [4.69, 9.17) is 0 Å². The van der Waals surface area contributed by atoms with Crippen molar-refractivity contribution in [3.63, 3.8) is 0 Å². The molecule has 0 fully saturated rings. The molecule has 1 atom stereocenters. The van der Waals surface area contributed by atoms with E-state index in [1.807, 2.05) is 25.9 Å². The maximum atomic E-state index is 12.9. The minimum Gasteiger partial charge on any atom is -0.341 e. The number of aromatic nitrogens is 2. The van der Waals surface area contributed by atoms with Gasteiger partial charge in [-0.3, -0.25) is 4.90 Å². The maximum absolute atomic E-state index is 12.9. The van der Waals surface area contributed by atoms with Crippen molar-refractivity contribution < 1.29 is 4.39 Å². The average Bonchev–Trinajstić information content (AvgIpc) is 2.58. The summed E-state index contributed by atoms with van der Waals surface area (Å²) in [4.78, 5) is 9.59. The Morgan fingerprint density at radius 2 is 2.13 bits per heavy atom. The van der Waals surface area contributed by atoms with E-state index in [-0.39, 0.29) is 11.9 Å². The minimum absolute atomic E-state index is 0.195. The number of halogens is 1. The molecule has 15 heavy (non-hydrogen) atoms. The number of imidazole rings is 1. The molecule has 0 saturated carbocycles. The summed E-state index contributed by atoms with van der Waals surface area (Å²) in [5, 5.41) is 0. The van der Waals surface area contributed by atoms with Crippen LogP contribution in [0.15, 0.2) is 18.2 Å². The number of hydrogen-bond acceptors (Lipinski definition) is 2. The van der Waals surface area contributed by atoms with Crippen LogP contribution in [0.25, 0.3) is 11.0 Å². The van der Waals surface area contributed by atoms with Gasteiger partial charge < -0.3 is 4.98 Å². The molecule has 0 radical (unpaired) electrons. The monoisotopic (exact) mass is 207 g/mol. The third-order valence-electron chi connectivity index (χ3n) is 2.63. The van der Waals surface area contributed by atoms with E-state index < -0.39 is 0 Å². The van der Waals surface area contributed by atoms with Crippen LogP contribution in [0.3, 0.4) is 0 Å². The van der Waals surface area contributed by atoms with E-state index in [2.05, 4.69) is 9.97 Å². The average molecular weight is 207 g/mol. The first kappa shape index (κ1) is 10.1. The highest BCUT2D eigenvalue weighted by molar-refractivity contribution is 5.75. The number of nitrogens with one attached hydrogen (secondary N) is 1. The lowest BCUT2D eigenvalue weighted by Gasteiger charge is -2.16. The molecule has 0 spiro atoms. The van der Waals surface area contributed by atoms with Crippen molar-refractivity contribution >= 4 is 11.0 Å². The largest absolute Gasteiger partial charge is 0.341 e. The number of fused-ring (bicyclic) bond motifs is 1. The normalized spacial score (nSPS) is 13.7. The molecule has 0 aliphatic heterocycles. The number of nitrogens with zero attached hydrogens (tertiary/aromatic N) is 2. The minimum atomic E-state index is -0.241. The Balaban J connectivity index is 2.47. The summed E-state index contributed by atoms with van der Waals surface area (Å²) in [5.74, 6) is 0.621. The molecular weight excluding hydrogens is 193 g/mol. The third-order valence-corrected chi connectivity index (χ3v) is 2.63. The topological polar surface area (TPSA) is 31.9 Å². The van der Waals surface area contributed by atoms with Gasteiger partial charge in [0.2, 0.25) is 0 Å². The van der Waals surface area contributed by atoms with Crippen molar-refractivity contribution in [3.05, 3.63) is 29.8 Å². The molecule has 1 unspecified atom stereocenters. The molecule has 2 rings (SSSR count). The number of H-pyrrole nitrogens is 1. The Labute approximate surface area is 87.9 Å². The van der Waals surface area contributed by atoms with Crippen LogP contribution in [0.1, 0.15) is 18.8 Å². The molecule has 1 aromatic heterocycles. The summed E-state index contributed by atoms with van der Waals surface area (Å²) in [7, 11) is 3.97. The fourth-order valence-electron chi connectivity index (χ4n) is 1.44. The fourth-order valence-corrected chi connectivity index (χ4v) is 1.44. The van der Waals surface area contributed by atoms with Crippen molar-refractivity contribution in [2.24, 2.45) is 0 Å². The molecule has 2 aromatic rings. The smallest absolute Gasteiger partial charge is 0.125 e. The lowest BCUT2D eigenvalue weighted by molar-refractivity contribution is 0.310. The van der Waals surface area contributed by atoms with Gasteiger partial charge in [-0.1, -0.05) is 0 Å². The molecule has 80 valence electrons. The van der Waals surface area contributed by atoms with Crippen LogP contribution < -0.4 is 0 Å². The van der Waals surface area contributed by atoms with E-state index in [0.717, 1.165) is 16.9 Å². The van der Waals surface area contributed by atoms with Crippen LogP contribution in [0, 0.1) is 5.82 Å². The lowest BCUT2D eigenvalue weighted by Crippen LogP contribution is -2.17. The van der Waals surface area contributed by atoms with Crippen LogP contribution in [-0.2, 0) is 0 Å². The molecular formula is C11H14FN3. The molecule has 1 aromatic carbocycles. The van der Waals surface area contributed by atoms with E-state index in [1.165, 1.54) is 12.1 Å². The van der Waals surface area contributed by atoms with Crippen LogP contribution >= 0.6 is 0 Å². The summed E-state index contributed by atoms with van der Waals surface area (Å²) in [6, 6.07) is 4.77. The Morgan fingerprint density at radius 1 is 1.40 bits per heavy atom. The fraction of sp³-hybridized carbons (Fsp3) is 0.364. The molecule has 0 aliphatic carbocycles. The highest BCUT2D eigenvalue weighted by Gasteiger charge is 2.12. The number of benzene rings is 1. The number of rotatable bonds is 2. The Bertz CT molecular complexity index is 476. The van der Waals surface area contributed by atoms with Crippen molar-refractivity contribution in [3.8, 4) is 0 Å². The van der Waals surface area contributed by atoms with Crippen LogP contribution in [-0.4, -0.2) is 29.0 Å². The van der Waals surface area contributed by atoms with Gasteiger partial charge in [-0.2, -0.15) is 0 Å². The zero-order valence-corrected chi connectivity index (χ0v) is 9.08. The highest BCUT2D eigenvalue weighted by atomic mass is 19.1.